The summed E-state index contributed by atoms with van der Waals surface area (Å²) in [6, 6.07) is 20.8. The van der Waals surface area contributed by atoms with Crippen molar-refractivity contribution in [1.29, 1.82) is 0 Å². The Labute approximate surface area is 181 Å². The molecule has 0 amide bonds. The summed E-state index contributed by atoms with van der Waals surface area (Å²) in [5.41, 5.74) is 2.42. The molecule has 0 aliphatic heterocycles. The van der Waals surface area contributed by atoms with E-state index < -0.39 is 11.6 Å². The second kappa shape index (κ2) is 7.45. The number of hydrogen-bond acceptors (Lipinski definition) is 5. The molecule has 5 nitrogen and oxygen atoms in total. The van der Waals surface area contributed by atoms with Gasteiger partial charge in [0.15, 0.2) is 0 Å². The maximum atomic E-state index is 12.6. The van der Waals surface area contributed by atoms with Crippen molar-refractivity contribution >= 4 is 39.5 Å². The molecule has 0 aliphatic carbocycles. The number of carbonyl (C=O) groups excluding carboxylic acids is 1. The van der Waals surface area contributed by atoms with E-state index in [1.165, 1.54) is 0 Å². The lowest BCUT2D eigenvalue weighted by Gasteiger charge is -2.09. The molecule has 5 rings (SSSR count). The lowest BCUT2D eigenvalue weighted by molar-refractivity contribution is 0.0704. The van der Waals surface area contributed by atoms with Crippen LogP contribution in [0.2, 0.25) is 5.02 Å². The Morgan fingerprint density at radius 3 is 2.45 bits per heavy atom. The van der Waals surface area contributed by atoms with Gasteiger partial charge in [0.05, 0.1) is 5.56 Å². The highest BCUT2D eigenvalue weighted by atomic mass is 35.5. The normalized spacial score (nSPS) is 11.2. The average molecular weight is 431 g/mol. The molecule has 0 saturated carbocycles. The maximum Gasteiger partial charge on any atom is 0.379 e. The van der Waals surface area contributed by atoms with Crippen LogP contribution in [0.5, 0.6) is 5.75 Å². The van der Waals surface area contributed by atoms with E-state index in [9.17, 15) is 9.59 Å². The van der Waals surface area contributed by atoms with Gasteiger partial charge in [-0.05, 0) is 60.5 Å². The zero-order chi connectivity index (χ0) is 21.5. The number of para-hydroxylation sites is 1. The fourth-order valence-corrected chi connectivity index (χ4v) is 3.71. The van der Waals surface area contributed by atoms with Crippen molar-refractivity contribution in [3.05, 3.63) is 99.6 Å². The van der Waals surface area contributed by atoms with E-state index >= 15 is 0 Å². The van der Waals surface area contributed by atoms with Gasteiger partial charge in [-0.15, -0.1) is 0 Å². The second-order valence-corrected chi connectivity index (χ2v) is 7.53. The molecule has 0 radical (unpaired) electrons. The van der Waals surface area contributed by atoms with Crippen LogP contribution in [0.15, 0.2) is 86.4 Å². The number of fused-ring (bicyclic) bond motifs is 2. The third kappa shape index (κ3) is 3.49. The average Bonchev–Trinajstić information content (AvgIpc) is 3.20. The molecule has 31 heavy (non-hydrogen) atoms. The molecule has 5 aromatic rings. The number of hydrogen-bond donors (Lipinski definition) is 0. The molecule has 0 atom stereocenters. The third-order valence-electron chi connectivity index (χ3n) is 5.11. The van der Waals surface area contributed by atoms with Gasteiger partial charge in [0.25, 0.3) is 0 Å². The summed E-state index contributed by atoms with van der Waals surface area (Å²) in [6.07, 6.45) is 0. The first kappa shape index (κ1) is 19.2. The van der Waals surface area contributed by atoms with E-state index in [-0.39, 0.29) is 5.76 Å². The first-order chi connectivity index (χ1) is 15.0. The SMILES string of the molecule is Cc1c(-c2ccc(Cl)cc2)c(=O)oc2ccc(OC(=O)c3cc4ccccc4o3)cc12. The van der Waals surface area contributed by atoms with Crippen molar-refractivity contribution in [1.82, 2.24) is 0 Å². The van der Waals surface area contributed by atoms with E-state index in [1.54, 1.807) is 54.6 Å². The summed E-state index contributed by atoms with van der Waals surface area (Å²) in [7, 11) is 0. The minimum Gasteiger partial charge on any atom is -0.449 e. The molecule has 6 heteroatoms. The van der Waals surface area contributed by atoms with Crippen LogP contribution in [0.4, 0.5) is 0 Å². The van der Waals surface area contributed by atoms with Crippen LogP contribution in [-0.2, 0) is 0 Å². The summed E-state index contributed by atoms with van der Waals surface area (Å²) < 4.78 is 16.6. The molecule has 0 N–H and O–H groups in total. The van der Waals surface area contributed by atoms with Crippen LogP contribution in [-0.4, -0.2) is 5.97 Å². The highest BCUT2D eigenvalue weighted by molar-refractivity contribution is 6.30. The van der Waals surface area contributed by atoms with Crippen LogP contribution in [0.1, 0.15) is 16.1 Å². The molecule has 2 heterocycles. The summed E-state index contributed by atoms with van der Waals surface area (Å²) in [6.45, 7) is 1.83. The van der Waals surface area contributed by atoms with Crippen LogP contribution in [0.3, 0.4) is 0 Å². The zero-order valence-electron chi connectivity index (χ0n) is 16.3. The molecule has 0 fully saturated rings. The van der Waals surface area contributed by atoms with Gasteiger partial charge >= 0.3 is 11.6 Å². The van der Waals surface area contributed by atoms with Crippen LogP contribution < -0.4 is 10.4 Å². The van der Waals surface area contributed by atoms with Gasteiger partial charge < -0.3 is 13.6 Å². The molecule has 152 valence electrons. The molecular weight excluding hydrogens is 416 g/mol. The van der Waals surface area contributed by atoms with Gasteiger partial charge in [0.1, 0.15) is 16.9 Å². The Kier molecular flexibility index (Phi) is 4.60. The Balaban J connectivity index is 1.53. The number of halogens is 1. The fourth-order valence-electron chi connectivity index (χ4n) is 3.58. The predicted molar refractivity (Wildman–Crippen MR) is 119 cm³/mol. The lowest BCUT2D eigenvalue weighted by atomic mass is 9.99. The van der Waals surface area contributed by atoms with Crippen LogP contribution in [0, 0.1) is 6.92 Å². The van der Waals surface area contributed by atoms with Crippen LogP contribution in [0.25, 0.3) is 33.1 Å². The van der Waals surface area contributed by atoms with Gasteiger partial charge in [0.2, 0.25) is 5.76 Å². The van der Waals surface area contributed by atoms with Gasteiger partial charge in [-0.3, -0.25) is 0 Å². The van der Waals surface area contributed by atoms with E-state index in [4.69, 9.17) is 25.2 Å². The highest BCUT2D eigenvalue weighted by Gasteiger charge is 2.17. The lowest BCUT2D eigenvalue weighted by Crippen LogP contribution is -2.08. The minimum atomic E-state index is -0.608. The van der Waals surface area contributed by atoms with Crippen molar-refractivity contribution in [2.24, 2.45) is 0 Å². The largest absolute Gasteiger partial charge is 0.449 e. The first-order valence-electron chi connectivity index (χ1n) is 9.54. The van der Waals surface area contributed by atoms with Crippen molar-refractivity contribution < 1.29 is 18.4 Å². The molecule has 0 aliphatic rings. The number of furan rings is 1. The van der Waals surface area contributed by atoms with E-state index in [0.717, 1.165) is 10.9 Å². The van der Waals surface area contributed by atoms with Gasteiger partial charge in [-0.2, -0.15) is 0 Å². The molecule has 0 spiro atoms. The smallest absolute Gasteiger partial charge is 0.379 e. The standard InChI is InChI=1S/C25H15ClO5/c1-14-19-13-18(29-24(27)22-12-16-4-2-3-5-20(16)30-22)10-11-21(19)31-25(28)23(14)15-6-8-17(26)9-7-15/h2-13H,1H3. The van der Waals surface area contributed by atoms with Crippen molar-refractivity contribution in [2.45, 2.75) is 6.92 Å². The second-order valence-electron chi connectivity index (χ2n) is 7.09. The quantitative estimate of drug-likeness (QED) is 0.188. The van der Waals surface area contributed by atoms with E-state index in [2.05, 4.69) is 0 Å². The summed E-state index contributed by atoms with van der Waals surface area (Å²) in [5, 5.41) is 2.06. The van der Waals surface area contributed by atoms with Gasteiger partial charge in [0, 0.05) is 15.8 Å². The van der Waals surface area contributed by atoms with Gasteiger partial charge in [-0.25, -0.2) is 9.59 Å². The Morgan fingerprint density at radius 1 is 0.903 bits per heavy atom. The zero-order valence-corrected chi connectivity index (χ0v) is 17.1. The minimum absolute atomic E-state index is 0.111. The molecule has 3 aromatic carbocycles. The van der Waals surface area contributed by atoms with Gasteiger partial charge in [-0.1, -0.05) is 41.9 Å². The van der Waals surface area contributed by atoms with Crippen molar-refractivity contribution in [3.8, 4) is 16.9 Å². The Bertz CT molecular complexity index is 1480. The maximum absolute atomic E-state index is 12.6. The molecule has 0 bridgehead atoms. The van der Waals surface area contributed by atoms with E-state index in [1.807, 2.05) is 25.1 Å². The van der Waals surface area contributed by atoms with E-state index in [0.29, 0.717) is 38.5 Å². The summed E-state index contributed by atoms with van der Waals surface area (Å²) in [5.74, 6) is -0.181. The summed E-state index contributed by atoms with van der Waals surface area (Å²) in [4.78, 5) is 25.2. The number of ether oxygens (including phenoxy) is 1. The molecule has 0 unspecified atom stereocenters. The summed E-state index contributed by atoms with van der Waals surface area (Å²) >= 11 is 5.96. The molecular formula is C25H15ClO5. The number of benzene rings is 3. The number of rotatable bonds is 3. The Morgan fingerprint density at radius 2 is 1.68 bits per heavy atom. The molecule has 2 aromatic heterocycles. The van der Waals surface area contributed by atoms with Crippen molar-refractivity contribution in [2.75, 3.05) is 0 Å². The first-order valence-corrected chi connectivity index (χ1v) is 9.91. The number of aryl methyl sites for hydroxylation is 1. The Hall–Kier alpha value is -3.83. The third-order valence-corrected chi connectivity index (χ3v) is 5.36. The van der Waals surface area contributed by atoms with Crippen LogP contribution >= 0.6 is 11.6 Å². The fraction of sp³-hybridized carbons (Fsp3) is 0.0400. The number of esters is 1. The highest BCUT2D eigenvalue weighted by Crippen LogP contribution is 2.30. The van der Waals surface area contributed by atoms with Crippen molar-refractivity contribution in [3.63, 3.8) is 0 Å². The topological polar surface area (TPSA) is 69.7 Å². The monoisotopic (exact) mass is 430 g/mol. The predicted octanol–water partition coefficient (Wildman–Crippen LogP) is 6.39. The molecule has 0 saturated heterocycles. The number of carbonyl (C=O) groups is 1.